The van der Waals surface area contributed by atoms with Crippen molar-refractivity contribution in [2.45, 2.75) is 6.42 Å². The van der Waals surface area contributed by atoms with Crippen LogP contribution >= 0.6 is 11.6 Å². The molecule has 1 aromatic rings. The second-order valence-electron chi connectivity index (χ2n) is 1.99. The van der Waals surface area contributed by atoms with Crippen LogP contribution in [0.2, 0.25) is 0 Å². The van der Waals surface area contributed by atoms with Crippen LogP contribution in [0.5, 0.6) is 0 Å². The van der Waals surface area contributed by atoms with E-state index in [9.17, 15) is 4.79 Å². The van der Waals surface area contributed by atoms with Gasteiger partial charge in [0.15, 0.2) is 0 Å². The molecule has 0 bridgehead atoms. The Morgan fingerprint density at radius 3 is 3.18 bits per heavy atom. The van der Waals surface area contributed by atoms with E-state index >= 15 is 0 Å². The van der Waals surface area contributed by atoms with Gasteiger partial charge in [-0.25, -0.2) is 4.98 Å². The number of carbonyl (C=O) groups excluding carboxylic acids is 1. The molecule has 0 aliphatic rings. The zero-order valence-electron chi connectivity index (χ0n) is 5.75. The number of H-pyrrole nitrogens is 1. The van der Waals surface area contributed by atoms with Crippen LogP contribution in [-0.2, 0) is 11.2 Å². The number of halogens is 1. The molecule has 0 saturated heterocycles. The second kappa shape index (κ2) is 3.93. The van der Waals surface area contributed by atoms with Crippen molar-refractivity contribution < 1.29 is 4.79 Å². The molecule has 0 saturated carbocycles. The number of nitrogens with one attached hydrogen (secondary N) is 1. The fraction of sp³-hybridized carbons (Fsp3) is 0.143. The van der Waals surface area contributed by atoms with Crippen LogP contribution < -0.4 is 0 Å². The number of aromatic nitrogens is 2. The van der Waals surface area contributed by atoms with Crippen molar-refractivity contribution >= 4 is 16.8 Å². The predicted molar refractivity (Wildman–Crippen MR) is 42.3 cm³/mol. The molecule has 0 fully saturated rings. The van der Waals surface area contributed by atoms with E-state index in [1.54, 1.807) is 18.6 Å². The summed E-state index contributed by atoms with van der Waals surface area (Å²) in [5.41, 5.74) is 0.958. The highest BCUT2D eigenvalue weighted by molar-refractivity contribution is 6.66. The van der Waals surface area contributed by atoms with Crippen molar-refractivity contribution in [1.82, 2.24) is 9.97 Å². The number of allylic oxidation sites excluding steroid dienone is 2. The summed E-state index contributed by atoms with van der Waals surface area (Å²) in [5.74, 6) is 0. The molecule has 0 aromatic carbocycles. The van der Waals surface area contributed by atoms with E-state index in [4.69, 9.17) is 11.6 Å². The predicted octanol–water partition coefficient (Wildman–Crippen LogP) is 1.27. The molecule has 0 aliphatic heterocycles. The molecule has 1 aromatic heterocycles. The van der Waals surface area contributed by atoms with Gasteiger partial charge in [0, 0.05) is 18.3 Å². The minimum Gasteiger partial charge on any atom is -0.348 e. The van der Waals surface area contributed by atoms with Gasteiger partial charge in [0.05, 0.1) is 6.33 Å². The average molecular weight is 171 g/mol. The first-order valence-corrected chi connectivity index (χ1v) is 3.50. The van der Waals surface area contributed by atoms with Crippen molar-refractivity contribution in [1.29, 1.82) is 0 Å². The van der Waals surface area contributed by atoms with E-state index in [1.165, 1.54) is 6.08 Å². The molecule has 1 rings (SSSR count). The summed E-state index contributed by atoms with van der Waals surface area (Å²) >= 11 is 5.07. The topological polar surface area (TPSA) is 45.8 Å². The maximum atomic E-state index is 10.2. The summed E-state index contributed by atoms with van der Waals surface area (Å²) in [7, 11) is 0. The van der Waals surface area contributed by atoms with E-state index in [0.29, 0.717) is 6.42 Å². The van der Waals surface area contributed by atoms with Gasteiger partial charge in [-0.15, -0.1) is 0 Å². The smallest absolute Gasteiger partial charge is 0.244 e. The highest BCUT2D eigenvalue weighted by Gasteiger charge is 1.89. The lowest BCUT2D eigenvalue weighted by molar-refractivity contribution is -0.107. The third-order valence-electron chi connectivity index (χ3n) is 1.14. The molecule has 0 aliphatic carbocycles. The summed E-state index contributed by atoms with van der Waals surface area (Å²) in [6.07, 6.45) is 6.94. The van der Waals surface area contributed by atoms with Crippen LogP contribution in [0.4, 0.5) is 0 Å². The standard InChI is InChI=1S/C7H7ClN2O/c8-7(11)3-1-2-6-4-9-5-10-6/h1,3-5H,2H2,(H,9,10)/b3-1+. The normalized spacial score (nSPS) is 10.6. The Balaban J connectivity index is 2.40. The van der Waals surface area contributed by atoms with Gasteiger partial charge in [0.1, 0.15) is 0 Å². The van der Waals surface area contributed by atoms with Crippen molar-refractivity contribution in [3.8, 4) is 0 Å². The Labute approximate surface area is 69.1 Å². The Hall–Kier alpha value is -1.09. The van der Waals surface area contributed by atoms with Crippen LogP contribution in [0.15, 0.2) is 24.7 Å². The maximum absolute atomic E-state index is 10.2. The van der Waals surface area contributed by atoms with Crippen molar-refractivity contribution in [2.75, 3.05) is 0 Å². The molecular weight excluding hydrogens is 164 g/mol. The molecule has 0 spiro atoms. The summed E-state index contributed by atoms with van der Waals surface area (Å²) in [5, 5.41) is -0.454. The van der Waals surface area contributed by atoms with Crippen LogP contribution in [0.25, 0.3) is 0 Å². The number of rotatable bonds is 3. The number of aromatic amines is 1. The number of hydrogen-bond donors (Lipinski definition) is 1. The van der Waals surface area contributed by atoms with Gasteiger partial charge in [0.2, 0.25) is 5.24 Å². The zero-order chi connectivity index (χ0) is 8.10. The van der Waals surface area contributed by atoms with Gasteiger partial charge in [-0.1, -0.05) is 6.08 Å². The Morgan fingerprint density at radius 1 is 1.82 bits per heavy atom. The number of imidazole rings is 1. The molecule has 4 heteroatoms. The lowest BCUT2D eigenvalue weighted by atomic mass is 10.3. The summed E-state index contributed by atoms with van der Waals surface area (Å²) in [6, 6.07) is 0. The van der Waals surface area contributed by atoms with E-state index in [0.717, 1.165) is 5.69 Å². The fourth-order valence-corrected chi connectivity index (χ4v) is 0.764. The first-order chi connectivity index (χ1) is 5.29. The average Bonchev–Trinajstić information content (AvgIpc) is 2.39. The van der Waals surface area contributed by atoms with Crippen molar-refractivity contribution in [3.63, 3.8) is 0 Å². The van der Waals surface area contributed by atoms with Gasteiger partial charge >= 0.3 is 0 Å². The van der Waals surface area contributed by atoms with Gasteiger partial charge < -0.3 is 4.98 Å². The molecule has 3 nitrogen and oxygen atoms in total. The molecular formula is C7H7ClN2O. The van der Waals surface area contributed by atoms with Crippen LogP contribution in [-0.4, -0.2) is 15.2 Å². The van der Waals surface area contributed by atoms with Crippen LogP contribution in [0, 0.1) is 0 Å². The largest absolute Gasteiger partial charge is 0.348 e. The fourth-order valence-electron chi connectivity index (χ4n) is 0.675. The van der Waals surface area contributed by atoms with Crippen LogP contribution in [0.1, 0.15) is 5.69 Å². The number of nitrogens with zero attached hydrogens (tertiary/aromatic N) is 1. The van der Waals surface area contributed by atoms with Crippen LogP contribution in [0.3, 0.4) is 0 Å². The first kappa shape index (κ1) is 8.01. The first-order valence-electron chi connectivity index (χ1n) is 3.12. The van der Waals surface area contributed by atoms with Gasteiger partial charge in [-0.3, -0.25) is 4.79 Å². The lowest BCUT2D eigenvalue weighted by Crippen LogP contribution is -1.81. The molecule has 1 N–H and O–H groups in total. The highest BCUT2D eigenvalue weighted by atomic mass is 35.5. The molecule has 58 valence electrons. The molecule has 1 heterocycles. The van der Waals surface area contributed by atoms with E-state index in [-0.39, 0.29) is 0 Å². The molecule has 0 amide bonds. The maximum Gasteiger partial charge on any atom is 0.244 e. The third-order valence-corrected chi connectivity index (χ3v) is 1.27. The van der Waals surface area contributed by atoms with E-state index < -0.39 is 5.24 Å². The summed E-state index contributed by atoms with van der Waals surface area (Å²) in [4.78, 5) is 16.9. The quantitative estimate of drug-likeness (QED) is 0.549. The monoisotopic (exact) mass is 170 g/mol. The summed E-state index contributed by atoms with van der Waals surface area (Å²) in [6.45, 7) is 0. The Bertz CT molecular complexity index is 253. The van der Waals surface area contributed by atoms with E-state index in [2.05, 4.69) is 9.97 Å². The van der Waals surface area contributed by atoms with Gasteiger partial charge in [-0.05, 0) is 17.7 Å². The van der Waals surface area contributed by atoms with Gasteiger partial charge in [-0.2, -0.15) is 0 Å². The number of hydrogen-bond acceptors (Lipinski definition) is 2. The Morgan fingerprint density at radius 2 is 2.64 bits per heavy atom. The minimum atomic E-state index is -0.454. The SMILES string of the molecule is O=C(Cl)/C=C/Cc1cnc[nH]1. The number of carbonyl (C=O) groups is 1. The molecule has 11 heavy (non-hydrogen) atoms. The zero-order valence-corrected chi connectivity index (χ0v) is 6.51. The minimum absolute atomic E-state index is 0.454. The molecule has 0 radical (unpaired) electrons. The van der Waals surface area contributed by atoms with E-state index in [1.807, 2.05) is 0 Å². The highest BCUT2D eigenvalue weighted by Crippen LogP contribution is 1.94. The third kappa shape index (κ3) is 3.00. The molecule has 0 unspecified atom stereocenters. The van der Waals surface area contributed by atoms with Crippen molar-refractivity contribution in [2.24, 2.45) is 0 Å². The van der Waals surface area contributed by atoms with Gasteiger partial charge in [0.25, 0.3) is 0 Å². The second-order valence-corrected chi connectivity index (χ2v) is 2.36. The Kier molecular flexibility index (Phi) is 2.86. The lowest BCUT2D eigenvalue weighted by Gasteiger charge is -1.84. The molecule has 0 atom stereocenters. The summed E-state index contributed by atoms with van der Waals surface area (Å²) < 4.78 is 0. The van der Waals surface area contributed by atoms with Crippen molar-refractivity contribution in [3.05, 3.63) is 30.4 Å².